The van der Waals surface area contributed by atoms with Gasteiger partial charge in [0.2, 0.25) is 0 Å². The lowest BCUT2D eigenvalue weighted by Gasteiger charge is -2.36. The van der Waals surface area contributed by atoms with Crippen molar-refractivity contribution in [2.75, 3.05) is 42.9 Å². The van der Waals surface area contributed by atoms with Crippen molar-refractivity contribution in [1.29, 1.82) is 0 Å². The van der Waals surface area contributed by atoms with Crippen LogP contribution < -0.4 is 10.2 Å². The van der Waals surface area contributed by atoms with Crippen LogP contribution in [0.25, 0.3) is 0 Å². The first-order chi connectivity index (χ1) is 13.2. The topological polar surface area (TPSA) is 31.4 Å². The lowest BCUT2D eigenvalue weighted by atomic mass is 10.2. The Morgan fingerprint density at radius 2 is 1.81 bits per heavy atom. The molecule has 2 fully saturated rings. The number of hydrogen-bond donors (Lipinski definition) is 1. The molecular weight excluding hydrogens is 346 g/mol. The maximum atomic E-state index is 12.8. The van der Waals surface area contributed by atoms with Gasteiger partial charge in [0.05, 0.1) is 12.2 Å². The van der Waals surface area contributed by atoms with Crippen LogP contribution in [0.4, 0.5) is 20.2 Å². The van der Waals surface area contributed by atoms with Crippen LogP contribution >= 0.6 is 0 Å². The van der Waals surface area contributed by atoms with Gasteiger partial charge in [-0.25, -0.2) is 13.8 Å². The Bertz CT molecular complexity index is 755. The number of nitrogens with zero attached hydrogens (tertiary/aromatic N) is 3. The van der Waals surface area contributed by atoms with Crippen molar-refractivity contribution in [3.05, 3.63) is 53.9 Å². The van der Waals surface area contributed by atoms with E-state index in [1.807, 2.05) is 12.1 Å². The molecule has 1 aliphatic carbocycles. The average Bonchev–Trinajstić information content (AvgIpc) is 3.51. The van der Waals surface area contributed by atoms with Crippen LogP contribution in [0.2, 0.25) is 0 Å². The molecule has 0 spiro atoms. The Hall–Kier alpha value is -2.21. The van der Waals surface area contributed by atoms with Crippen LogP contribution in [-0.4, -0.2) is 42.6 Å². The smallest absolute Gasteiger partial charge is 0.280 e. The highest BCUT2D eigenvalue weighted by Crippen LogP contribution is 2.30. The van der Waals surface area contributed by atoms with Gasteiger partial charge in [-0.1, -0.05) is 12.1 Å². The molecular formula is C21H26F2N4. The second-order valence-corrected chi connectivity index (χ2v) is 7.49. The van der Waals surface area contributed by atoms with E-state index >= 15 is 0 Å². The second kappa shape index (κ2) is 8.21. The van der Waals surface area contributed by atoms with E-state index in [9.17, 15) is 8.78 Å². The number of hydrogen-bond acceptors (Lipinski definition) is 4. The second-order valence-electron chi connectivity index (χ2n) is 7.49. The molecule has 1 aromatic heterocycles. The molecule has 2 aliphatic rings. The van der Waals surface area contributed by atoms with Gasteiger partial charge in [0, 0.05) is 44.1 Å². The minimum absolute atomic E-state index is 0.174. The van der Waals surface area contributed by atoms with Crippen LogP contribution in [0.3, 0.4) is 0 Å². The SMILES string of the molecule is FC(F)c1cccc(CNc2cccc(N3CCN(CC4CC4)CC3)c2)n1. The standard InChI is InChI=1S/C21H26F2N4/c22-21(23)20-6-2-4-18(25-20)14-24-17-3-1-5-19(13-17)27-11-9-26(10-12-27)15-16-7-8-16/h1-6,13,16,21,24H,7-12,14-15H2. The fourth-order valence-electron chi connectivity index (χ4n) is 3.58. The molecule has 1 aromatic carbocycles. The number of nitrogens with one attached hydrogen (secondary N) is 1. The summed E-state index contributed by atoms with van der Waals surface area (Å²) in [4.78, 5) is 9.01. The van der Waals surface area contributed by atoms with Gasteiger partial charge in [-0.05, 0) is 49.1 Å². The summed E-state index contributed by atoms with van der Waals surface area (Å²) >= 11 is 0. The normalized spacial score (nSPS) is 18.1. The van der Waals surface area contributed by atoms with Crippen LogP contribution in [0.1, 0.15) is 30.7 Å². The van der Waals surface area contributed by atoms with Crippen molar-refractivity contribution in [3.8, 4) is 0 Å². The summed E-state index contributed by atoms with van der Waals surface area (Å²) in [5.41, 5.74) is 2.64. The van der Waals surface area contributed by atoms with Crippen LogP contribution in [0.15, 0.2) is 42.5 Å². The molecule has 1 saturated carbocycles. The first-order valence-corrected chi connectivity index (χ1v) is 9.72. The Morgan fingerprint density at radius 3 is 2.56 bits per heavy atom. The van der Waals surface area contributed by atoms with Crippen molar-refractivity contribution >= 4 is 11.4 Å². The van der Waals surface area contributed by atoms with E-state index in [0.29, 0.717) is 12.2 Å². The molecule has 0 bridgehead atoms. The lowest BCUT2D eigenvalue weighted by Crippen LogP contribution is -2.47. The number of alkyl halides is 2. The van der Waals surface area contributed by atoms with Crippen molar-refractivity contribution in [2.24, 2.45) is 5.92 Å². The number of pyridine rings is 1. The zero-order valence-electron chi connectivity index (χ0n) is 15.5. The summed E-state index contributed by atoms with van der Waals surface area (Å²) in [5.74, 6) is 0.946. The molecule has 0 amide bonds. The highest BCUT2D eigenvalue weighted by Gasteiger charge is 2.26. The minimum Gasteiger partial charge on any atom is -0.379 e. The Labute approximate surface area is 159 Å². The predicted octanol–water partition coefficient (Wildman–Crippen LogP) is 4.16. The summed E-state index contributed by atoms with van der Waals surface area (Å²) in [5, 5.41) is 3.31. The summed E-state index contributed by atoms with van der Waals surface area (Å²) in [6.45, 7) is 6.04. The third kappa shape index (κ3) is 4.95. The molecule has 2 heterocycles. The maximum absolute atomic E-state index is 12.8. The fraction of sp³-hybridized carbons (Fsp3) is 0.476. The zero-order chi connectivity index (χ0) is 18.6. The number of benzene rings is 1. The quantitative estimate of drug-likeness (QED) is 0.791. The maximum Gasteiger partial charge on any atom is 0.280 e. The van der Waals surface area contributed by atoms with Crippen LogP contribution in [-0.2, 0) is 6.54 Å². The predicted molar refractivity (Wildman–Crippen MR) is 104 cm³/mol. The average molecular weight is 372 g/mol. The summed E-state index contributed by atoms with van der Waals surface area (Å²) in [7, 11) is 0. The van der Waals surface area contributed by atoms with Crippen molar-refractivity contribution in [2.45, 2.75) is 25.8 Å². The Morgan fingerprint density at radius 1 is 1.04 bits per heavy atom. The third-order valence-corrected chi connectivity index (χ3v) is 5.32. The van der Waals surface area contributed by atoms with Gasteiger partial charge in [-0.15, -0.1) is 0 Å². The van der Waals surface area contributed by atoms with Gasteiger partial charge >= 0.3 is 0 Å². The Balaban J connectivity index is 1.33. The van der Waals surface area contributed by atoms with Gasteiger partial charge in [-0.3, -0.25) is 4.90 Å². The van der Waals surface area contributed by atoms with Gasteiger partial charge in [0.1, 0.15) is 5.69 Å². The fourth-order valence-corrected chi connectivity index (χ4v) is 3.58. The van der Waals surface area contributed by atoms with E-state index in [-0.39, 0.29) is 5.69 Å². The number of anilines is 2. The molecule has 0 atom stereocenters. The van der Waals surface area contributed by atoms with Gasteiger partial charge in [-0.2, -0.15) is 0 Å². The number of halogens is 2. The van der Waals surface area contributed by atoms with Gasteiger partial charge in [0.25, 0.3) is 6.43 Å². The molecule has 27 heavy (non-hydrogen) atoms. The summed E-state index contributed by atoms with van der Waals surface area (Å²) < 4.78 is 25.6. The molecule has 1 saturated heterocycles. The first kappa shape index (κ1) is 18.2. The van der Waals surface area contributed by atoms with Crippen molar-refractivity contribution in [3.63, 3.8) is 0 Å². The van der Waals surface area contributed by atoms with E-state index in [1.165, 1.54) is 31.1 Å². The van der Waals surface area contributed by atoms with Crippen molar-refractivity contribution in [1.82, 2.24) is 9.88 Å². The number of piperazine rings is 1. The summed E-state index contributed by atoms with van der Waals surface area (Å²) in [6.07, 6.45) is 0.276. The highest BCUT2D eigenvalue weighted by atomic mass is 19.3. The molecule has 4 rings (SSSR count). The molecule has 144 valence electrons. The molecule has 0 radical (unpaired) electrons. The Kier molecular flexibility index (Phi) is 5.53. The zero-order valence-corrected chi connectivity index (χ0v) is 15.5. The molecule has 4 nitrogen and oxygen atoms in total. The molecule has 0 unspecified atom stereocenters. The van der Waals surface area contributed by atoms with Crippen LogP contribution in [0.5, 0.6) is 0 Å². The van der Waals surface area contributed by atoms with E-state index in [4.69, 9.17) is 0 Å². The van der Waals surface area contributed by atoms with E-state index in [2.05, 4.69) is 32.2 Å². The molecule has 2 aromatic rings. The molecule has 1 N–H and O–H groups in total. The number of rotatable bonds is 7. The molecule has 1 aliphatic heterocycles. The number of aromatic nitrogens is 1. The van der Waals surface area contributed by atoms with E-state index in [1.54, 1.807) is 12.1 Å². The first-order valence-electron chi connectivity index (χ1n) is 9.72. The molecule has 6 heteroatoms. The minimum atomic E-state index is -2.54. The van der Waals surface area contributed by atoms with Crippen LogP contribution in [0, 0.1) is 5.92 Å². The lowest BCUT2D eigenvalue weighted by molar-refractivity contribution is 0.146. The van der Waals surface area contributed by atoms with E-state index in [0.717, 1.165) is 37.8 Å². The highest BCUT2D eigenvalue weighted by molar-refractivity contribution is 5.58. The van der Waals surface area contributed by atoms with Gasteiger partial charge < -0.3 is 10.2 Å². The third-order valence-electron chi connectivity index (χ3n) is 5.32. The van der Waals surface area contributed by atoms with Crippen molar-refractivity contribution < 1.29 is 8.78 Å². The summed E-state index contributed by atoms with van der Waals surface area (Å²) in [6, 6.07) is 13.1. The largest absolute Gasteiger partial charge is 0.379 e. The monoisotopic (exact) mass is 372 g/mol. The van der Waals surface area contributed by atoms with E-state index < -0.39 is 6.43 Å². The van der Waals surface area contributed by atoms with Gasteiger partial charge in [0.15, 0.2) is 0 Å².